The summed E-state index contributed by atoms with van der Waals surface area (Å²) >= 11 is 1.13. The Hall–Kier alpha value is -2.67. The molecule has 28 heavy (non-hydrogen) atoms. The van der Waals surface area contributed by atoms with Crippen molar-refractivity contribution in [2.24, 2.45) is 0 Å². The van der Waals surface area contributed by atoms with E-state index in [-0.39, 0.29) is 23.4 Å². The molecule has 0 atom stereocenters. The Labute approximate surface area is 169 Å². The second-order valence-electron chi connectivity index (χ2n) is 7.41. The largest absolute Gasteiger partial charge is 0.483 e. The fourth-order valence-electron chi connectivity index (χ4n) is 2.84. The molecule has 0 aromatic heterocycles. The van der Waals surface area contributed by atoms with Crippen LogP contribution in [0.1, 0.15) is 19.4 Å². The minimum absolute atomic E-state index is 0.0500. The molecule has 0 fully saturated rings. The first-order valence-electron chi connectivity index (χ1n) is 8.96. The van der Waals surface area contributed by atoms with Gasteiger partial charge >= 0.3 is 0 Å². The van der Waals surface area contributed by atoms with E-state index in [2.05, 4.69) is 5.32 Å². The second kappa shape index (κ2) is 8.14. The first-order valence-corrected chi connectivity index (χ1v) is 9.78. The van der Waals surface area contributed by atoms with E-state index in [0.29, 0.717) is 17.2 Å². The predicted molar refractivity (Wildman–Crippen MR) is 110 cm³/mol. The van der Waals surface area contributed by atoms with Gasteiger partial charge in [-0.2, -0.15) is 0 Å². The number of rotatable bonds is 5. The molecule has 1 N–H and O–H groups in total. The summed E-state index contributed by atoms with van der Waals surface area (Å²) in [5.41, 5.74) is 1.46. The van der Waals surface area contributed by atoms with Gasteiger partial charge in [-0.05, 0) is 55.9 Å². The van der Waals surface area contributed by atoms with Gasteiger partial charge in [-0.3, -0.25) is 9.59 Å². The molecule has 0 saturated heterocycles. The van der Waals surface area contributed by atoms with Gasteiger partial charge in [0.1, 0.15) is 5.60 Å². The number of carbonyl (C=O) groups is 2. The van der Waals surface area contributed by atoms with Crippen molar-refractivity contribution in [1.29, 1.82) is 0 Å². The number of benzene rings is 2. The zero-order valence-electron chi connectivity index (χ0n) is 16.4. The molecule has 0 radical (unpaired) electrons. The molecule has 1 heterocycles. The van der Waals surface area contributed by atoms with E-state index < -0.39 is 0 Å². The lowest BCUT2D eigenvalue weighted by molar-refractivity contribution is -0.118. The highest BCUT2D eigenvalue weighted by Gasteiger charge is 2.32. The van der Waals surface area contributed by atoms with Crippen LogP contribution in [0.4, 0.5) is 10.5 Å². The summed E-state index contributed by atoms with van der Waals surface area (Å²) in [7, 11) is 3.41. The average Bonchev–Trinajstić information content (AvgIpc) is 2.95. The maximum absolute atomic E-state index is 12.2. The van der Waals surface area contributed by atoms with Crippen LogP contribution < -0.4 is 14.8 Å². The van der Waals surface area contributed by atoms with E-state index in [4.69, 9.17) is 9.47 Å². The summed E-state index contributed by atoms with van der Waals surface area (Å²) in [6.07, 6.45) is 0.812. The van der Waals surface area contributed by atoms with E-state index in [1.54, 1.807) is 44.4 Å². The molecule has 1 aliphatic heterocycles. The topological polar surface area (TPSA) is 67.9 Å². The molecule has 2 aromatic carbocycles. The van der Waals surface area contributed by atoms with Gasteiger partial charge in [0, 0.05) is 36.7 Å². The van der Waals surface area contributed by atoms with E-state index in [1.165, 1.54) is 4.90 Å². The van der Waals surface area contributed by atoms with Crippen molar-refractivity contribution < 1.29 is 19.1 Å². The molecule has 148 valence electrons. The molecule has 0 saturated carbocycles. The monoisotopic (exact) mass is 400 g/mol. The Kier molecular flexibility index (Phi) is 5.84. The third-order valence-electron chi connectivity index (χ3n) is 4.12. The van der Waals surface area contributed by atoms with E-state index >= 15 is 0 Å². The quantitative estimate of drug-likeness (QED) is 0.762. The van der Waals surface area contributed by atoms with Crippen molar-refractivity contribution in [3.05, 3.63) is 48.0 Å². The van der Waals surface area contributed by atoms with Crippen LogP contribution in [0.2, 0.25) is 0 Å². The van der Waals surface area contributed by atoms with Crippen LogP contribution in [0.5, 0.6) is 11.5 Å². The molecular weight excluding hydrogens is 376 g/mol. The lowest BCUT2D eigenvalue weighted by Crippen LogP contribution is -2.25. The molecular formula is C21H24N2O4S. The first kappa shape index (κ1) is 20.1. The van der Waals surface area contributed by atoms with Gasteiger partial charge in [0.15, 0.2) is 18.1 Å². The van der Waals surface area contributed by atoms with Crippen LogP contribution in [0.25, 0.3) is 0 Å². The Balaban J connectivity index is 1.55. The zero-order valence-corrected chi connectivity index (χ0v) is 17.3. The highest BCUT2D eigenvalue weighted by Crippen LogP contribution is 2.41. The Morgan fingerprint density at radius 2 is 1.89 bits per heavy atom. The number of nitrogens with one attached hydrogen (secondary N) is 1. The minimum atomic E-state index is -0.266. The number of anilines is 1. The second-order valence-corrected chi connectivity index (χ2v) is 8.43. The Morgan fingerprint density at radius 3 is 2.57 bits per heavy atom. The van der Waals surface area contributed by atoms with Gasteiger partial charge in [0.2, 0.25) is 0 Å². The van der Waals surface area contributed by atoms with Crippen LogP contribution in [0, 0.1) is 0 Å². The van der Waals surface area contributed by atoms with Gasteiger partial charge in [0.05, 0.1) is 0 Å². The number of nitrogens with zero attached hydrogens (tertiary/aromatic N) is 1. The molecule has 0 unspecified atom stereocenters. The Bertz CT molecular complexity index is 878. The molecule has 0 bridgehead atoms. The molecule has 7 heteroatoms. The van der Waals surface area contributed by atoms with Crippen molar-refractivity contribution in [2.45, 2.75) is 30.8 Å². The molecule has 2 aromatic rings. The molecule has 0 aliphatic carbocycles. The fourth-order valence-corrected chi connectivity index (χ4v) is 3.50. The number of fused-ring (bicyclic) bond motifs is 1. The van der Waals surface area contributed by atoms with E-state index in [0.717, 1.165) is 28.6 Å². The highest BCUT2D eigenvalue weighted by atomic mass is 32.2. The van der Waals surface area contributed by atoms with Gasteiger partial charge in [-0.1, -0.05) is 12.1 Å². The van der Waals surface area contributed by atoms with Crippen LogP contribution in [-0.4, -0.2) is 42.3 Å². The SMILES string of the molecule is CN(C)C(=O)Sc1ccc(NC(=O)COc2cccc3c2OC(C)(C)C3)cc1. The summed E-state index contributed by atoms with van der Waals surface area (Å²) in [4.78, 5) is 26.3. The molecule has 0 spiro atoms. The minimum Gasteiger partial charge on any atom is -0.483 e. The summed E-state index contributed by atoms with van der Waals surface area (Å²) in [5.74, 6) is 1.03. The number of carbonyl (C=O) groups excluding carboxylic acids is 2. The lowest BCUT2D eigenvalue weighted by atomic mass is 10.0. The summed E-state index contributed by atoms with van der Waals surface area (Å²) < 4.78 is 11.6. The number of amides is 2. The molecule has 2 amide bonds. The fraction of sp³-hybridized carbons (Fsp3) is 0.333. The normalized spacial score (nSPS) is 14.0. The van der Waals surface area contributed by atoms with E-state index in [1.807, 2.05) is 26.0 Å². The average molecular weight is 401 g/mol. The van der Waals surface area contributed by atoms with E-state index in [9.17, 15) is 9.59 Å². The molecule has 3 rings (SSSR count). The lowest BCUT2D eigenvalue weighted by Gasteiger charge is -2.18. The maximum atomic E-state index is 12.2. The van der Waals surface area contributed by atoms with Gasteiger partial charge < -0.3 is 19.7 Å². The summed E-state index contributed by atoms with van der Waals surface area (Å²) in [5, 5.41) is 2.74. The number of para-hydroxylation sites is 1. The third-order valence-corrected chi connectivity index (χ3v) is 5.17. The third kappa shape index (κ3) is 4.98. The van der Waals surface area contributed by atoms with Crippen LogP contribution in [0.15, 0.2) is 47.4 Å². The Morgan fingerprint density at radius 1 is 1.18 bits per heavy atom. The van der Waals surface area contributed by atoms with Crippen molar-refractivity contribution in [1.82, 2.24) is 4.90 Å². The standard InChI is InChI=1S/C21H24N2O4S/c1-21(2)12-14-6-5-7-17(19(14)27-21)26-13-18(24)22-15-8-10-16(11-9-15)28-20(25)23(3)4/h5-11H,12-13H2,1-4H3,(H,22,24). The smallest absolute Gasteiger partial charge is 0.285 e. The highest BCUT2D eigenvalue weighted by molar-refractivity contribution is 8.13. The van der Waals surface area contributed by atoms with Crippen molar-refractivity contribution in [2.75, 3.05) is 26.0 Å². The van der Waals surface area contributed by atoms with Crippen molar-refractivity contribution in [3.8, 4) is 11.5 Å². The number of hydrogen-bond donors (Lipinski definition) is 1. The molecule has 6 nitrogen and oxygen atoms in total. The number of hydrogen-bond acceptors (Lipinski definition) is 5. The maximum Gasteiger partial charge on any atom is 0.285 e. The number of thioether (sulfide) groups is 1. The van der Waals surface area contributed by atoms with Crippen LogP contribution >= 0.6 is 11.8 Å². The molecule has 1 aliphatic rings. The van der Waals surface area contributed by atoms with Gasteiger partial charge in [-0.15, -0.1) is 0 Å². The zero-order chi connectivity index (χ0) is 20.3. The van der Waals surface area contributed by atoms with Gasteiger partial charge in [-0.25, -0.2) is 0 Å². The van der Waals surface area contributed by atoms with Crippen molar-refractivity contribution >= 4 is 28.6 Å². The summed E-state index contributed by atoms with van der Waals surface area (Å²) in [6, 6.07) is 12.8. The summed E-state index contributed by atoms with van der Waals surface area (Å²) in [6.45, 7) is 3.94. The first-order chi connectivity index (χ1) is 13.2. The predicted octanol–water partition coefficient (Wildman–Crippen LogP) is 4.19. The van der Waals surface area contributed by atoms with Crippen LogP contribution in [0.3, 0.4) is 0 Å². The van der Waals surface area contributed by atoms with Crippen LogP contribution in [-0.2, 0) is 11.2 Å². The number of ether oxygens (including phenoxy) is 2. The van der Waals surface area contributed by atoms with Gasteiger partial charge in [0.25, 0.3) is 11.1 Å². The van der Waals surface area contributed by atoms with Crippen molar-refractivity contribution in [3.63, 3.8) is 0 Å².